The predicted octanol–water partition coefficient (Wildman–Crippen LogP) is 0.968. The van der Waals surface area contributed by atoms with Crippen molar-refractivity contribution in [3.8, 4) is 5.75 Å². The number of carbonyl (C=O) groups is 1. The van der Waals surface area contributed by atoms with Crippen molar-refractivity contribution in [3.63, 3.8) is 0 Å². The molecular weight excluding hydrogens is 260 g/mol. The van der Waals surface area contributed by atoms with E-state index in [0.717, 1.165) is 0 Å². The summed E-state index contributed by atoms with van der Waals surface area (Å²) in [5.41, 5.74) is -0.394. The summed E-state index contributed by atoms with van der Waals surface area (Å²) in [6.07, 6.45) is 2.66. The first-order valence-corrected chi connectivity index (χ1v) is 5.78. The Morgan fingerprint density at radius 2 is 1.85 bits per heavy atom. The lowest BCUT2D eigenvalue weighted by atomic mass is 10.1. The van der Waals surface area contributed by atoms with Gasteiger partial charge < -0.3 is 9.72 Å². The van der Waals surface area contributed by atoms with E-state index in [4.69, 9.17) is 4.74 Å². The van der Waals surface area contributed by atoms with Gasteiger partial charge in [0.15, 0.2) is 5.78 Å². The number of benzene rings is 1. The van der Waals surface area contributed by atoms with Gasteiger partial charge in [-0.3, -0.25) is 14.6 Å². The highest BCUT2D eigenvalue weighted by molar-refractivity contribution is 6.06. The molecule has 0 saturated carbocycles. The van der Waals surface area contributed by atoms with E-state index in [0.29, 0.717) is 11.3 Å². The van der Waals surface area contributed by atoms with Gasteiger partial charge in [0.05, 0.1) is 7.11 Å². The van der Waals surface area contributed by atoms with Gasteiger partial charge in [-0.1, -0.05) is 0 Å². The number of methoxy groups -OCH3 is 1. The van der Waals surface area contributed by atoms with E-state index in [1.165, 1.54) is 18.2 Å². The molecule has 2 N–H and O–H groups in total. The summed E-state index contributed by atoms with van der Waals surface area (Å²) < 4.78 is 5.00. The molecular formula is C14H12N2O4. The summed E-state index contributed by atoms with van der Waals surface area (Å²) in [6.45, 7) is 0. The van der Waals surface area contributed by atoms with Gasteiger partial charge in [0.2, 0.25) is 0 Å². The summed E-state index contributed by atoms with van der Waals surface area (Å²) in [5, 5.41) is 0. The van der Waals surface area contributed by atoms with Gasteiger partial charge in [-0.2, -0.15) is 0 Å². The number of ketones is 1. The number of aromatic amines is 2. The minimum absolute atomic E-state index is 0.242. The molecule has 1 heterocycles. The number of aromatic nitrogens is 2. The van der Waals surface area contributed by atoms with Crippen molar-refractivity contribution in [2.24, 2.45) is 0 Å². The van der Waals surface area contributed by atoms with Crippen LogP contribution < -0.4 is 16.0 Å². The zero-order valence-corrected chi connectivity index (χ0v) is 10.7. The minimum Gasteiger partial charge on any atom is -0.497 e. The SMILES string of the molecule is COc1ccc(C(=O)/C=C/c2cc(=O)[nH]c(=O)[nH]2)cc1. The maximum atomic E-state index is 11.9. The zero-order chi connectivity index (χ0) is 14.5. The first-order chi connectivity index (χ1) is 9.58. The predicted molar refractivity (Wildman–Crippen MR) is 74.0 cm³/mol. The number of hydrogen-bond donors (Lipinski definition) is 2. The van der Waals surface area contributed by atoms with Crippen LogP contribution >= 0.6 is 0 Å². The Labute approximate surface area is 113 Å². The molecule has 0 bridgehead atoms. The average molecular weight is 272 g/mol. The Kier molecular flexibility index (Phi) is 3.95. The van der Waals surface area contributed by atoms with Crippen LogP contribution in [0.1, 0.15) is 16.1 Å². The fraction of sp³-hybridized carbons (Fsp3) is 0.0714. The van der Waals surface area contributed by atoms with E-state index < -0.39 is 11.2 Å². The Bertz CT molecular complexity index is 725. The first kappa shape index (κ1) is 13.5. The van der Waals surface area contributed by atoms with Crippen molar-refractivity contribution in [2.75, 3.05) is 7.11 Å². The molecule has 0 atom stereocenters. The molecule has 0 aliphatic heterocycles. The number of H-pyrrole nitrogens is 2. The fourth-order valence-electron chi connectivity index (χ4n) is 1.59. The van der Waals surface area contributed by atoms with Crippen molar-refractivity contribution in [3.05, 3.63) is 68.5 Å². The number of hydrogen-bond acceptors (Lipinski definition) is 4. The largest absolute Gasteiger partial charge is 0.497 e. The lowest BCUT2D eigenvalue weighted by Gasteiger charge is -2.00. The number of carbonyl (C=O) groups excluding carboxylic acids is 1. The third-order valence-electron chi connectivity index (χ3n) is 2.57. The van der Waals surface area contributed by atoms with Gasteiger partial charge in [-0.15, -0.1) is 0 Å². The molecule has 0 fully saturated rings. The molecule has 0 aliphatic rings. The standard InChI is InChI=1S/C14H12N2O4/c1-20-11-5-2-9(3-6-11)12(17)7-4-10-8-13(18)16-14(19)15-10/h2-8H,1H3,(H2,15,16,18,19)/b7-4+. The Hall–Kier alpha value is -2.89. The molecule has 102 valence electrons. The number of nitrogens with one attached hydrogen (secondary N) is 2. The van der Waals surface area contributed by atoms with E-state index in [1.807, 2.05) is 4.98 Å². The molecule has 0 amide bonds. The van der Waals surface area contributed by atoms with Crippen LogP contribution in [-0.4, -0.2) is 22.9 Å². The smallest absolute Gasteiger partial charge is 0.326 e. The molecule has 1 aromatic heterocycles. The van der Waals surface area contributed by atoms with Crippen molar-refractivity contribution < 1.29 is 9.53 Å². The second-order valence-corrected chi connectivity index (χ2v) is 3.97. The van der Waals surface area contributed by atoms with E-state index >= 15 is 0 Å². The van der Waals surface area contributed by atoms with Crippen molar-refractivity contribution >= 4 is 11.9 Å². The van der Waals surface area contributed by atoms with Gasteiger partial charge in [0, 0.05) is 17.3 Å². The lowest BCUT2D eigenvalue weighted by Crippen LogP contribution is -2.21. The van der Waals surface area contributed by atoms with Crippen LogP contribution in [0.5, 0.6) is 5.75 Å². The molecule has 0 aliphatic carbocycles. The fourth-order valence-corrected chi connectivity index (χ4v) is 1.59. The van der Waals surface area contributed by atoms with Crippen LogP contribution in [0.4, 0.5) is 0 Å². The molecule has 2 aromatic rings. The highest BCUT2D eigenvalue weighted by atomic mass is 16.5. The molecule has 6 nitrogen and oxygen atoms in total. The Morgan fingerprint density at radius 3 is 2.45 bits per heavy atom. The second-order valence-electron chi connectivity index (χ2n) is 3.97. The van der Waals surface area contributed by atoms with E-state index in [-0.39, 0.29) is 11.5 Å². The minimum atomic E-state index is -0.617. The highest BCUT2D eigenvalue weighted by Crippen LogP contribution is 2.12. The summed E-state index contributed by atoms with van der Waals surface area (Å²) in [6, 6.07) is 7.81. The van der Waals surface area contributed by atoms with Crippen molar-refractivity contribution in [2.45, 2.75) is 0 Å². The maximum Gasteiger partial charge on any atom is 0.326 e. The summed E-state index contributed by atoms with van der Waals surface area (Å²) >= 11 is 0. The van der Waals surface area contributed by atoms with Crippen LogP contribution in [-0.2, 0) is 0 Å². The molecule has 20 heavy (non-hydrogen) atoms. The van der Waals surface area contributed by atoms with E-state index in [9.17, 15) is 14.4 Å². The molecule has 0 saturated heterocycles. The third-order valence-corrected chi connectivity index (χ3v) is 2.57. The monoisotopic (exact) mass is 272 g/mol. The van der Waals surface area contributed by atoms with Crippen LogP contribution in [0, 0.1) is 0 Å². The third kappa shape index (κ3) is 3.32. The van der Waals surface area contributed by atoms with Crippen molar-refractivity contribution in [1.82, 2.24) is 9.97 Å². The topological polar surface area (TPSA) is 92.0 Å². The molecule has 1 aromatic carbocycles. The van der Waals surface area contributed by atoms with Crippen LogP contribution in [0.25, 0.3) is 6.08 Å². The van der Waals surface area contributed by atoms with E-state index in [2.05, 4.69) is 4.98 Å². The van der Waals surface area contributed by atoms with Gasteiger partial charge >= 0.3 is 5.69 Å². The van der Waals surface area contributed by atoms with E-state index in [1.54, 1.807) is 31.4 Å². The summed E-state index contributed by atoms with van der Waals surface area (Å²) in [4.78, 5) is 38.5. The number of ether oxygens (including phenoxy) is 1. The van der Waals surface area contributed by atoms with Crippen molar-refractivity contribution in [1.29, 1.82) is 0 Å². The zero-order valence-electron chi connectivity index (χ0n) is 10.7. The molecule has 0 spiro atoms. The Balaban J connectivity index is 2.19. The second kappa shape index (κ2) is 5.83. The van der Waals surface area contributed by atoms with Crippen LogP contribution in [0.15, 0.2) is 46.0 Å². The van der Waals surface area contributed by atoms with Gasteiger partial charge in [-0.25, -0.2) is 4.79 Å². The van der Waals surface area contributed by atoms with Gasteiger partial charge in [-0.05, 0) is 36.4 Å². The molecule has 0 radical (unpaired) electrons. The molecule has 6 heteroatoms. The molecule has 2 rings (SSSR count). The van der Waals surface area contributed by atoms with Gasteiger partial charge in [0.1, 0.15) is 5.75 Å². The highest BCUT2D eigenvalue weighted by Gasteiger charge is 2.02. The quantitative estimate of drug-likeness (QED) is 0.640. The summed E-state index contributed by atoms with van der Waals surface area (Å²) in [5.74, 6) is 0.415. The average Bonchev–Trinajstić information content (AvgIpc) is 2.44. The van der Waals surface area contributed by atoms with Crippen LogP contribution in [0.3, 0.4) is 0 Å². The Morgan fingerprint density at radius 1 is 1.15 bits per heavy atom. The molecule has 0 unspecified atom stereocenters. The lowest BCUT2D eigenvalue weighted by molar-refractivity contribution is 0.104. The summed E-state index contributed by atoms with van der Waals surface area (Å²) in [7, 11) is 1.54. The van der Waals surface area contributed by atoms with Crippen LogP contribution in [0.2, 0.25) is 0 Å². The normalized spacial score (nSPS) is 10.7. The number of rotatable bonds is 4. The number of allylic oxidation sites excluding steroid dienone is 1. The maximum absolute atomic E-state index is 11.9. The van der Waals surface area contributed by atoms with Gasteiger partial charge in [0.25, 0.3) is 5.56 Å². The first-order valence-electron chi connectivity index (χ1n) is 5.78.